The van der Waals surface area contributed by atoms with Crippen molar-refractivity contribution in [3.63, 3.8) is 0 Å². The number of rotatable bonds is 7. The zero-order valence-corrected chi connectivity index (χ0v) is 31.3. The van der Waals surface area contributed by atoms with Crippen LogP contribution in [0.15, 0.2) is 0 Å². The molecule has 4 aliphatic heterocycles. The average molecular weight is 671 g/mol. The van der Waals surface area contributed by atoms with Crippen molar-refractivity contribution in [2.24, 2.45) is 17.8 Å². The second kappa shape index (κ2) is 16.0. The molecule has 47 heavy (non-hydrogen) atoms. The van der Waals surface area contributed by atoms with Crippen LogP contribution in [0, 0.1) is 17.8 Å². The predicted molar refractivity (Wildman–Crippen MR) is 179 cm³/mol. The van der Waals surface area contributed by atoms with Gasteiger partial charge in [0, 0.05) is 58.2 Å². The van der Waals surface area contributed by atoms with E-state index in [1.165, 1.54) is 0 Å². The number of aliphatic hydroxyl groups is 1. The molecule has 4 saturated heterocycles. The fourth-order valence-corrected chi connectivity index (χ4v) is 8.79. The van der Waals surface area contributed by atoms with Crippen LogP contribution in [0.5, 0.6) is 0 Å². The van der Waals surface area contributed by atoms with Gasteiger partial charge in [0.1, 0.15) is 12.2 Å². The van der Waals surface area contributed by atoms with Gasteiger partial charge in [0.25, 0.3) is 0 Å². The molecule has 4 fully saturated rings. The molecule has 4 rings (SSSR count). The van der Waals surface area contributed by atoms with Gasteiger partial charge in [-0.25, -0.2) is 0 Å². The molecule has 0 spiro atoms. The van der Waals surface area contributed by atoms with Crippen LogP contribution in [0.2, 0.25) is 0 Å². The molecule has 11 heteroatoms. The average Bonchev–Trinajstić information content (AvgIpc) is 3.46. The lowest BCUT2D eigenvalue weighted by Crippen LogP contribution is -2.60. The Morgan fingerprint density at radius 1 is 0.915 bits per heavy atom. The Morgan fingerprint density at radius 3 is 2.26 bits per heavy atom. The number of fused-ring (bicyclic) bond motifs is 2. The number of ether oxygens (including phenoxy) is 7. The first kappa shape index (κ1) is 38.9. The Hall–Kier alpha value is -0.890. The summed E-state index contributed by atoms with van der Waals surface area (Å²) >= 11 is 0. The number of carbonyl (C=O) groups excluding carboxylic acids is 1. The van der Waals surface area contributed by atoms with Crippen molar-refractivity contribution in [3.05, 3.63) is 0 Å². The number of likely N-dealkylation sites (N-methyl/N-ethyl adjacent to an activating group) is 1. The number of esters is 1. The molecule has 0 aliphatic carbocycles. The number of nitrogens with zero attached hydrogens (tertiary/aromatic N) is 2. The maximum absolute atomic E-state index is 14.0. The van der Waals surface area contributed by atoms with Crippen LogP contribution in [0.4, 0.5) is 0 Å². The molecule has 0 aromatic heterocycles. The van der Waals surface area contributed by atoms with Gasteiger partial charge in [-0.05, 0) is 87.2 Å². The summed E-state index contributed by atoms with van der Waals surface area (Å²) in [4.78, 5) is 18.4. The Balaban J connectivity index is 1.76. The molecule has 274 valence electrons. The Bertz CT molecular complexity index is 1020. The highest BCUT2D eigenvalue weighted by atomic mass is 16.7. The van der Waals surface area contributed by atoms with Gasteiger partial charge in [0.05, 0.1) is 41.5 Å². The van der Waals surface area contributed by atoms with Gasteiger partial charge < -0.3 is 43.2 Å². The molecule has 1 unspecified atom stereocenters. The highest BCUT2D eigenvalue weighted by Crippen LogP contribution is 2.41. The smallest absolute Gasteiger partial charge is 0.311 e. The molecule has 4 heterocycles. The maximum Gasteiger partial charge on any atom is 0.311 e. The normalized spacial score (nSPS) is 49.0. The SMILES string of the molecule is CO[C@]1(C)C[C@H](O[C@H]2[C@H](C)[C@@H](O[C@@H]3O[C@H](C)C[C@H](N(C)C)[C@H]3O)[C@@](C)(OC)C[C@@H](C)C[C@H](C)N3CC[C@@H](C3)OC(=O)[C@@H]2C)O[C@@H](C)C1. The number of hydrogen-bond donors (Lipinski definition) is 1. The third-order valence-electron chi connectivity index (χ3n) is 11.6. The lowest BCUT2D eigenvalue weighted by molar-refractivity contribution is -0.312. The van der Waals surface area contributed by atoms with E-state index in [2.05, 4.69) is 39.5 Å². The zero-order valence-electron chi connectivity index (χ0n) is 31.3. The standard InChI is InChI=1S/C36H66N2O9/c1-21-15-22(2)38-14-13-27(20-38)45-33(40)26(6)31(46-29-19-35(7,41-11)18-24(4)43-29)25(5)32(36(8,17-21)42-12)47-34-30(39)28(37(9)10)16-23(3)44-34/h21-32,34,39H,13-20H2,1-12H3/t21-,22-,23+,24-,25-,26+,27-,28-,29-,30+,31-,32+,34-,35-,36-/m0/s1. The summed E-state index contributed by atoms with van der Waals surface area (Å²) in [6.07, 6.45) is 0.420. The highest BCUT2D eigenvalue weighted by molar-refractivity contribution is 5.73. The molecule has 0 saturated carbocycles. The fraction of sp³-hybridized carbons (Fsp3) is 0.972. The van der Waals surface area contributed by atoms with E-state index in [4.69, 9.17) is 33.2 Å². The van der Waals surface area contributed by atoms with Crippen molar-refractivity contribution in [1.82, 2.24) is 9.80 Å². The van der Waals surface area contributed by atoms with Gasteiger partial charge in [0.15, 0.2) is 12.6 Å². The zero-order chi connectivity index (χ0) is 34.8. The van der Waals surface area contributed by atoms with Crippen molar-refractivity contribution < 1.29 is 43.1 Å². The van der Waals surface area contributed by atoms with E-state index >= 15 is 0 Å². The largest absolute Gasteiger partial charge is 0.461 e. The molecule has 0 aromatic rings. The van der Waals surface area contributed by atoms with E-state index in [9.17, 15) is 9.90 Å². The Morgan fingerprint density at radius 2 is 1.62 bits per heavy atom. The lowest BCUT2D eigenvalue weighted by atomic mass is 9.76. The molecule has 0 amide bonds. The number of methoxy groups -OCH3 is 2. The Kier molecular flexibility index (Phi) is 13.2. The van der Waals surface area contributed by atoms with E-state index in [0.29, 0.717) is 31.2 Å². The van der Waals surface area contributed by atoms with Crippen LogP contribution in [0.25, 0.3) is 0 Å². The molecule has 1 N–H and O–H groups in total. The van der Waals surface area contributed by atoms with Gasteiger partial charge in [-0.1, -0.05) is 13.8 Å². The molecular weight excluding hydrogens is 604 g/mol. The first-order valence-corrected chi connectivity index (χ1v) is 18.0. The van der Waals surface area contributed by atoms with Gasteiger partial charge in [-0.2, -0.15) is 0 Å². The third-order valence-corrected chi connectivity index (χ3v) is 11.6. The number of aliphatic hydroxyl groups excluding tert-OH is 1. The van der Waals surface area contributed by atoms with Crippen LogP contribution in [0.3, 0.4) is 0 Å². The van der Waals surface area contributed by atoms with Crippen LogP contribution in [0.1, 0.15) is 93.9 Å². The predicted octanol–water partition coefficient (Wildman–Crippen LogP) is 4.23. The van der Waals surface area contributed by atoms with Gasteiger partial charge in [-0.15, -0.1) is 0 Å². The third kappa shape index (κ3) is 9.27. The van der Waals surface area contributed by atoms with Crippen LogP contribution in [-0.2, 0) is 38.0 Å². The summed E-state index contributed by atoms with van der Waals surface area (Å²) in [5.74, 6) is -1.02. The first-order chi connectivity index (χ1) is 22.0. The van der Waals surface area contributed by atoms with E-state index < -0.39 is 53.9 Å². The van der Waals surface area contributed by atoms with Crippen molar-refractivity contribution in [1.29, 1.82) is 0 Å². The van der Waals surface area contributed by atoms with Crippen molar-refractivity contribution in [2.75, 3.05) is 41.4 Å². The molecule has 11 nitrogen and oxygen atoms in total. The van der Waals surface area contributed by atoms with Crippen molar-refractivity contribution in [3.8, 4) is 0 Å². The molecule has 0 radical (unpaired) electrons. The van der Waals surface area contributed by atoms with Gasteiger partial charge >= 0.3 is 5.97 Å². The van der Waals surface area contributed by atoms with Crippen molar-refractivity contribution >= 4 is 5.97 Å². The molecular formula is C36H66N2O9. The lowest BCUT2D eigenvalue weighted by Gasteiger charge is -2.49. The summed E-state index contributed by atoms with van der Waals surface area (Å²) in [6.45, 7) is 18.3. The second-order valence-electron chi connectivity index (χ2n) is 16.1. The van der Waals surface area contributed by atoms with E-state index in [0.717, 1.165) is 32.4 Å². The fourth-order valence-electron chi connectivity index (χ4n) is 8.79. The minimum Gasteiger partial charge on any atom is -0.461 e. The summed E-state index contributed by atoms with van der Waals surface area (Å²) in [7, 11) is 7.38. The summed E-state index contributed by atoms with van der Waals surface area (Å²) in [6, 6.07) is 0.189. The maximum atomic E-state index is 14.0. The van der Waals surface area contributed by atoms with Crippen molar-refractivity contribution in [2.45, 2.75) is 166 Å². The Labute approximate surface area is 284 Å². The molecule has 2 bridgehead atoms. The minimum absolute atomic E-state index is 0.0892. The monoisotopic (exact) mass is 670 g/mol. The topological polar surface area (TPSA) is 108 Å². The van der Waals surface area contributed by atoms with E-state index in [-0.39, 0.29) is 30.3 Å². The minimum atomic E-state index is -0.895. The van der Waals surface area contributed by atoms with Crippen LogP contribution < -0.4 is 0 Å². The summed E-state index contributed by atoms with van der Waals surface area (Å²) < 4.78 is 45.0. The second-order valence-corrected chi connectivity index (χ2v) is 16.1. The van der Waals surface area contributed by atoms with Gasteiger partial charge in [-0.3, -0.25) is 9.69 Å². The summed E-state index contributed by atoms with van der Waals surface area (Å²) in [5.41, 5.74) is -1.23. The highest BCUT2D eigenvalue weighted by Gasteiger charge is 2.51. The first-order valence-electron chi connectivity index (χ1n) is 18.0. The molecule has 16 atom stereocenters. The van der Waals surface area contributed by atoms with E-state index in [1.54, 1.807) is 14.2 Å². The molecule has 4 aliphatic rings. The number of carbonyl (C=O) groups is 1. The van der Waals surface area contributed by atoms with Gasteiger partial charge in [0.2, 0.25) is 0 Å². The van der Waals surface area contributed by atoms with E-state index in [1.807, 2.05) is 39.8 Å². The number of hydrogen-bond acceptors (Lipinski definition) is 11. The summed E-state index contributed by atoms with van der Waals surface area (Å²) in [5, 5.41) is 11.6. The van der Waals surface area contributed by atoms with Crippen LogP contribution in [-0.4, -0.2) is 135 Å². The quantitative estimate of drug-likeness (QED) is 0.394. The molecule has 0 aromatic carbocycles. The van der Waals surface area contributed by atoms with Crippen LogP contribution >= 0.6 is 0 Å².